The molecular weight excluding hydrogens is 224 g/mol. The molecule has 0 aliphatic carbocycles. The molecule has 2 rings (SSSR count). The fraction of sp³-hybridized carbons (Fsp3) is 1.00. The van der Waals surface area contributed by atoms with Gasteiger partial charge < -0.3 is 15.0 Å². The highest BCUT2D eigenvalue weighted by atomic mass is 16.5. The molecule has 0 aromatic heterocycles. The SMILES string of the molecule is CCCNCC1CCN(CC2CCOCC2)CC1. The lowest BCUT2D eigenvalue weighted by Crippen LogP contribution is -2.40. The normalized spacial score (nSPS) is 24.5. The van der Waals surface area contributed by atoms with Crippen LogP contribution in [0.15, 0.2) is 0 Å². The molecule has 3 nitrogen and oxygen atoms in total. The molecule has 2 aliphatic heterocycles. The third-order valence-corrected chi connectivity index (χ3v) is 4.42. The van der Waals surface area contributed by atoms with Crippen LogP contribution in [0.25, 0.3) is 0 Å². The second-order valence-corrected chi connectivity index (χ2v) is 6.00. The molecule has 0 unspecified atom stereocenters. The van der Waals surface area contributed by atoms with Crippen LogP contribution in [0.5, 0.6) is 0 Å². The molecule has 0 amide bonds. The van der Waals surface area contributed by atoms with E-state index in [1.165, 1.54) is 64.8 Å². The molecule has 1 N–H and O–H groups in total. The van der Waals surface area contributed by atoms with E-state index in [1.54, 1.807) is 0 Å². The first-order chi connectivity index (χ1) is 8.88. The maximum atomic E-state index is 5.43. The van der Waals surface area contributed by atoms with Gasteiger partial charge in [0, 0.05) is 19.8 Å². The molecule has 2 saturated heterocycles. The molecule has 2 fully saturated rings. The molecule has 0 saturated carbocycles. The van der Waals surface area contributed by atoms with Gasteiger partial charge in [0.25, 0.3) is 0 Å². The van der Waals surface area contributed by atoms with E-state index >= 15 is 0 Å². The molecule has 3 heteroatoms. The van der Waals surface area contributed by atoms with Crippen molar-refractivity contribution in [3.8, 4) is 0 Å². The van der Waals surface area contributed by atoms with Crippen molar-refractivity contribution in [2.75, 3.05) is 45.9 Å². The van der Waals surface area contributed by atoms with Gasteiger partial charge >= 0.3 is 0 Å². The number of nitrogens with one attached hydrogen (secondary N) is 1. The summed E-state index contributed by atoms with van der Waals surface area (Å²) in [6.07, 6.45) is 6.58. The van der Waals surface area contributed by atoms with Gasteiger partial charge in [0.15, 0.2) is 0 Å². The first kappa shape index (κ1) is 14.3. The van der Waals surface area contributed by atoms with E-state index in [0.717, 1.165) is 25.0 Å². The minimum atomic E-state index is 0.897. The van der Waals surface area contributed by atoms with Gasteiger partial charge in [0.1, 0.15) is 0 Å². The Kier molecular flexibility index (Phi) is 6.46. The number of hydrogen-bond acceptors (Lipinski definition) is 3. The Hall–Kier alpha value is -0.120. The maximum absolute atomic E-state index is 5.43. The molecule has 2 heterocycles. The number of rotatable bonds is 6. The quantitative estimate of drug-likeness (QED) is 0.735. The number of likely N-dealkylation sites (tertiary alicyclic amines) is 1. The van der Waals surface area contributed by atoms with Crippen LogP contribution in [-0.4, -0.2) is 50.8 Å². The van der Waals surface area contributed by atoms with Crippen LogP contribution in [0.1, 0.15) is 39.0 Å². The summed E-state index contributed by atoms with van der Waals surface area (Å²) < 4.78 is 5.43. The molecule has 0 bridgehead atoms. The minimum absolute atomic E-state index is 0.897. The number of ether oxygens (including phenoxy) is 1. The Labute approximate surface area is 112 Å². The molecule has 0 atom stereocenters. The molecule has 0 aromatic rings. The van der Waals surface area contributed by atoms with E-state index in [2.05, 4.69) is 17.1 Å². The van der Waals surface area contributed by atoms with Gasteiger partial charge in [-0.3, -0.25) is 0 Å². The van der Waals surface area contributed by atoms with Gasteiger partial charge in [-0.15, -0.1) is 0 Å². The molecule has 106 valence electrons. The molecule has 0 radical (unpaired) electrons. The lowest BCUT2D eigenvalue weighted by molar-refractivity contribution is 0.0468. The average molecular weight is 254 g/mol. The molecule has 0 spiro atoms. The van der Waals surface area contributed by atoms with Crippen LogP contribution in [0.3, 0.4) is 0 Å². The van der Waals surface area contributed by atoms with Gasteiger partial charge in [-0.2, -0.15) is 0 Å². The van der Waals surface area contributed by atoms with Crippen molar-refractivity contribution in [1.82, 2.24) is 10.2 Å². The fourth-order valence-electron chi connectivity index (χ4n) is 3.15. The van der Waals surface area contributed by atoms with Crippen LogP contribution in [-0.2, 0) is 4.74 Å². The zero-order chi connectivity index (χ0) is 12.6. The van der Waals surface area contributed by atoms with Crippen LogP contribution in [0, 0.1) is 11.8 Å². The van der Waals surface area contributed by atoms with E-state index in [0.29, 0.717) is 0 Å². The first-order valence-electron chi connectivity index (χ1n) is 7.89. The van der Waals surface area contributed by atoms with Crippen molar-refractivity contribution in [2.45, 2.75) is 39.0 Å². The van der Waals surface area contributed by atoms with Crippen LogP contribution in [0.4, 0.5) is 0 Å². The van der Waals surface area contributed by atoms with Crippen molar-refractivity contribution < 1.29 is 4.74 Å². The van der Waals surface area contributed by atoms with Crippen molar-refractivity contribution in [3.05, 3.63) is 0 Å². The lowest BCUT2D eigenvalue weighted by atomic mass is 9.94. The molecule has 18 heavy (non-hydrogen) atoms. The molecular formula is C15H30N2O. The predicted molar refractivity (Wildman–Crippen MR) is 75.9 cm³/mol. The summed E-state index contributed by atoms with van der Waals surface area (Å²) in [4.78, 5) is 2.69. The summed E-state index contributed by atoms with van der Waals surface area (Å²) in [7, 11) is 0. The van der Waals surface area contributed by atoms with Gasteiger partial charge in [-0.1, -0.05) is 6.92 Å². The van der Waals surface area contributed by atoms with E-state index < -0.39 is 0 Å². The van der Waals surface area contributed by atoms with Gasteiger partial charge in [-0.25, -0.2) is 0 Å². The monoisotopic (exact) mass is 254 g/mol. The maximum Gasteiger partial charge on any atom is 0.0469 e. The van der Waals surface area contributed by atoms with Crippen molar-refractivity contribution in [3.63, 3.8) is 0 Å². The van der Waals surface area contributed by atoms with Crippen LogP contribution in [0.2, 0.25) is 0 Å². The summed E-state index contributed by atoms with van der Waals surface area (Å²) in [5.74, 6) is 1.82. The van der Waals surface area contributed by atoms with Gasteiger partial charge in [0.05, 0.1) is 0 Å². The van der Waals surface area contributed by atoms with E-state index in [1.807, 2.05) is 0 Å². The summed E-state index contributed by atoms with van der Waals surface area (Å²) in [5, 5.41) is 3.57. The summed E-state index contributed by atoms with van der Waals surface area (Å²) in [6.45, 7) is 10.6. The number of piperidine rings is 1. The Morgan fingerprint density at radius 3 is 2.44 bits per heavy atom. The zero-order valence-corrected chi connectivity index (χ0v) is 12.0. The highest BCUT2D eigenvalue weighted by Gasteiger charge is 2.22. The third kappa shape index (κ3) is 4.87. The summed E-state index contributed by atoms with van der Waals surface area (Å²) in [5.41, 5.74) is 0. The Morgan fingerprint density at radius 1 is 1.06 bits per heavy atom. The Balaban J connectivity index is 1.57. The fourth-order valence-corrected chi connectivity index (χ4v) is 3.15. The number of nitrogens with zero attached hydrogens (tertiary/aromatic N) is 1. The van der Waals surface area contributed by atoms with E-state index in [9.17, 15) is 0 Å². The highest BCUT2D eigenvalue weighted by molar-refractivity contribution is 4.76. The van der Waals surface area contributed by atoms with E-state index in [-0.39, 0.29) is 0 Å². The topological polar surface area (TPSA) is 24.5 Å². The second-order valence-electron chi connectivity index (χ2n) is 6.00. The third-order valence-electron chi connectivity index (χ3n) is 4.42. The minimum Gasteiger partial charge on any atom is -0.381 e. The summed E-state index contributed by atoms with van der Waals surface area (Å²) >= 11 is 0. The Bertz CT molecular complexity index is 209. The molecule has 0 aromatic carbocycles. The Morgan fingerprint density at radius 2 is 1.78 bits per heavy atom. The first-order valence-corrected chi connectivity index (χ1v) is 7.89. The second kappa shape index (κ2) is 8.13. The summed E-state index contributed by atoms with van der Waals surface area (Å²) in [6, 6.07) is 0. The van der Waals surface area contributed by atoms with Crippen molar-refractivity contribution >= 4 is 0 Å². The standard InChI is InChI=1S/C15H30N2O/c1-2-7-16-12-14-3-8-17(9-4-14)13-15-5-10-18-11-6-15/h14-16H,2-13H2,1H3. The van der Waals surface area contributed by atoms with Gasteiger partial charge in [0.2, 0.25) is 0 Å². The van der Waals surface area contributed by atoms with Crippen LogP contribution < -0.4 is 5.32 Å². The van der Waals surface area contributed by atoms with Crippen molar-refractivity contribution in [2.24, 2.45) is 11.8 Å². The van der Waals surface area contributed by atoms with E-state index in [4.69, 9.17) is 4.74 Å². The predicted octanol–water partition coefficient (Wildman–Crippen LogP) is 2.12. The number of hydrogen-bond donors (Lipinski definition) is 1. The lowest BCUT2D eigenvalue weighted by Gasteiger charge is -2.35. The molecule has 2 aliphatic rings. The largest absolute Gasteiger partial charge is 0.381 e. The van der Waals surface area contributed by atoms with Crippen molar-refractivity contribution in [1.29, 1.82) is 0 Å². The zero-order valence-electron chi connectivity index (χ0n) is 12.0. The van der Waals surface area contributed by atoms with Crippen LogP contribution >= 0.6 is 0 Å². The average Bonchev–Trinajstić information content (AvgIpc) is 2.42. The highest BCUT2D eigenvalue weighted by Crippen LogP contribution is 2.21. The van der Waals surface area contributed by atoms with Gasteiger partial charge in [-0.05, 0) is 70.1 Å². The smallest absolute Gasteiger partial charge is 0.0469 e.